The fraction of sp³-hybridized carbons (Fsp3) is 0.588. The van der Waals surface area contributed by atoms with Crippen LogP contribution in [0, 0.1) is 0 Å². The summed E-state index contributed by atoms with van der Waals surface area (Å²) >= 11 is 0. The minimum Gasteiger partial charge on any atom is -0.491 e. The summed E-state index contributed by atoms with van der Waals surface area (Å²) in [5.41, 5.74) is 1.70. The van der Waals surface area contributed by atoms with Crippen molar-refractivity contribution in [2.75, 3.05) is 57.4 Å². The minimum absolute atomic E-state index is 0.586. The monoisotopic (exact) mass is 306 g/mol. The second-order valence-corrected chi connectivity index (χ2v) is 5.31. The number of anilines is 1. The van der Waals surface area contributed by atoms with Crippen molar-refractivity contribution in [1.29, 1.82) is 0 Å². The maximum Gasteiger partial charge on any atom is 0.153 e. The molecule has 0 amide bonds. The van der Waals surface area contributed by atoms with Gasteiger partial charge in [-0.1, -0.05) is 0 Å². The first-order valence-electron chi connectivity index (χ1n) is 8.05. The Morgan fingerprint density at radius 3 is 2.64 bits per heavy atom. The Balaban J connectivity index is 1.97. The van der Waals surface area contributed by atoms with Crippen LogP contribution in [0.25, 0.3) is 0 Å². The lowest BCUT2D eigenvalue weighted by atomic mass is 10.2. The molecule has 0 aliphatic carbocycles. The SMILES string of the molecule is CCN(CC)c1ccc(C=O)c(OCCN2CCOCC2)c1. The highest BCUT2D eigenvalue weighted by Crippen LogP contribution is 2.25. The Kier molecular flexibility index (Phi) is 6.68. The van der Waals surface area contributed by atoms with Crippen LogP contribution in [-0.2, 0) is 4.74 Å². The summed E-state index contributed by atoms with van der Waals surface area (Å²) in [6.45, 7) is 11.0. The first kappa shape index (κ1) is 16.8. The Morgan fingerprint density at radius 2 is 2.00 bits per heavy atom. The number of hydrogen-bond donors (Lipinski definition) is 0. The van der Waals surface area contributed by atoms with E-state index in [-0.39, 0.29) is 0 Å². The lowest BCUT2D eigenvalue weighted by Crippen LogP contribution is -2.38. The molecule has 1 aromatic carbocycles. The van der Waals surface area contributed by atoms with E-state index in [1.54, 1.807) is 0 Å². The Morgan fingerprint density at radius 1 is 1.27 bits per heavy atom. The second-order valence-electron chi connectivity index (χ2n) is 5.31. The van der Waals surface area contributed by atoms with Gasteiger partial charge in [0.25, 0.3) is 0 Å². The van der Waals surface area contributed by atoms with Crippen LogP contribution in [0.5, 0.6) is 5.75 Å². The number of morpholine rings is 1. The predicted molar refractivity (Wildman–Crippen MR) is 88.1 cm³/mol. The van der Waals surface area contributed by atoms with Gasteiger partial charge in [0.05, 0.1) is 18.8 Å². The maximum atomic E-state index is 11.2. The van der Waals surface area contributed by atoms with E-state index in [0.717, 1.165) is 57.9 Å². The number of hydrogen-bond acceptors (Lipinski definition) is 5. The average Bonchev–Trinajstić information content (AvgIpc) is 2.57. The molecule has 1 fully saturated rings. The summed E-state index contributed by atoms with van der Waals surface area (Å²) in [5.74, 6) is 0.674. The van der Waals surface area contributed by atoms with Crippen LogP contribution in [0.4, 0.5) is 5.69 Å². The van der Waals surface area contributed by atoms with Crippen molar-refractivity contribution in [3.8, 4) is 5.75 Å². The van der Waals surface area contributed by atoms with Gasteiger partial charge in [-0.05, 0) is 26.0 Å². The zero-order chi connectivity index (χ0) is 15.8. The van der Waals surface area contributed by atoms with Gasteiger partial charge in [-0.2, -0.15) is 0 Å². The largest absolute Gasteiger partial charge is 0.491 e. The van der Waals surface area contributed by atoms with E-state index in [9.17, 15) is 4.79 Å². The maximum absolute atomic E-state index is 11.2. The summed E-state index contributed by atoms with van der Waals surface area (Å²) in [6, 6.07) is 5.78. The van der Waals surface area contributed by atoms with Gasteiger partial charge in [-0.25, -0.2) is 0 Å². The van der Waals surface area contributed by atoms with Crippen LogP contribution < -0.4 is 9.64 Å². The lowest BCUT2D eigenvalue weighted by Gasteiger charge is -2.26. The average molecular weight is 306 g/mol. The number of ether oxygens (including phenoxy) is 2. The van der Waals surface area contributed by atoms with Crippen molar-refractivity contribution in [2.24, 2.45) is 0 Å². The standard InChI is InChI=1S/C17H26N2O3/c1-3-19(4-2)16-6-5-15(14-20)17(13-16)22-12-9-18-7-10-21-11-8-18/h5-6,13-14H,3-4,7-12H2,1-2H3. The van der Waals surface area contributed by atoms with Crippen LogP contribution in [0.3, 0.4) is 0 Å². The molecule has 0 spiro atoms. The summed E-state index contributed by atoms with van der Waals surface area (Å²) in [7, 11) is 0. The van der Waals surface area contributed by atoms with Gasteiger partial charge in [-0.3, -0.25) is 9.69 Å². The highest BCUT2D eigenvalue weighted by atomic mass is 16.5. The van der Waals surface area contributed by atoms with Crippen molar-refractivity contribution < 1.29 is 14.3 Å². The number of rotatable bonds is 8. The zero-order valence-electron chi connectivity index (χ0n) is 13.6. The van der Waals surface area contributed by atoms with Crippen LogP contribution >= 0.6 is 0 Å². The van der Waals surface area contributed by atoms with E-state index in [1.807, 2.05) is 18.2 Å². The van der Waals surface area contributed by atoms with Crippen LogP contribution in [0.1, 0.15) is 24.2 Å². The minimum atomic E-state index is 0.586. The molecule has 0 saturated carbocycles. The van der Waals surface area contributed by atoms with Crippen molar-refractivity contribution in [3.63, 3.8) is 0 Å². The molecule has 1 aliphatic rings. The van der Waals surface area contributed by atoms with E-state index < -0.39 is 0 Å². The molecule has 2 rings (SSSR count). The summed E-state index contributed by atoms with van der Waals surface area (Å²) in [4.78, 5) is 15.7. The Bertz CT molecular complexity index is 469. The van der Waals surface area contributed by atoms with E-state index in [4.69, 9.17) is 9.47 Å². The Labute approximate surface area is 132 Å². The Hall–Kier alpha value is -1.59. The third kappa shape index (κ3) is 4.45. The van der Waals surface area contributed by atoms with E-state index in [1.165, 1.54) is 0 Å². The van der Waals surface area contributed by atoms with E-state index in [0.29, 0.717) is 17.9 Å². The third-order valence-electron chi connectivity index (χ3n) is 4.02. The molecule has 0 radical (unpaired) electrons. The molecule has 0 aromatic heterocycles. The number of nitrogens with zero attached hydrogens (tertiary/aromatic N) is 2. The third-order valence-corrected chi connectivity index (χ3v) is 4.02. The highest BCUT2D eigenvalue weighted by Gasteiger charge is 2.12. The molecule has 22 heavy (non-hydrogen) atoms. The summed E-state index contributed by atoms with van der Waals surface area (Å²) in [5, 5.41) is 0. The molecular formula is C17H26N2O3. The van der Waals surface area contributed by atoms with Gasteiger partial charge < -0.3 is 14.4 Å². The summed E-state index contributed by atoms with van der Waals surface area (Å²) in [6.07, 6.45) is 0.857. The fourth-order valence-corrected chi connectivity index (χ4v) is 2.64. The molecule has 0 unspecified atom stereocenters. The molecule has 0 N–H and O–H groups in total. The lowest BCUT2D eigenvalue weighted by molar-refractivity contribution is 0.0322. The van der Waals surface area contributed by atoms with E-state index >= 15 is 0 Å². The zero-order valence-corrected chi connectivity index (χ0v) is 13.6. The number of aldehydes is 1. The van der Waals surface area contributed by atoms with Gasteiger partial charge in [0, 0.05) is 44.5 Å². The van der Waals surface area contributed by atoms with Crippen LogP contribution in [0.15, 0.2) is 18.2 Å². The number of carbonyl (C=O) groups excluding carboxylic acids is 1. The molecule has 0 bridgehead atoms. The summed E-state index contributed by atoms with van der Waals surface area (Å²) < 4.78 is 11.2. The highest BCUT2D eigenvalue weighted by molar-refractivity contribution is 5.80. The molecule has 1 aromatic rings. The second kappa shape index (κ2) is 8.76. The molecule has 1 aliphatic heterocycles. The van der Waals surface area contributed by atoms with Gasteiger partial charge in [-0.15, -0.1) is 0 Å². The van der Waals surface area contributed by atoms with Gasteiger partial charge in [0.1, 0.15) is 12.4 Å². The quantitative estimate of drug-likeness (QED) is 0.688. The molecular weight excluding hydrogens is 280 g/mol. The molecule has 0 atom stereocenters. The molecule has 1 heterocycles. The normalized spacial score (nSPS) is 15.5. The smallest absolute Gasteiger partial charge is 0.153 e. The van der Waals surface area contributed by atoms with Crippen molar-refractivity contribution in [2.45, 2.75) is 13.8 Å². The predicted octanol–water partition coefficient (Wildman–Crippen LogP) is 2.06. The van der Waals surface area contributed by atoms with Gasteiger partial charge in [0.2, 0.25) is 0 Å². The molecule has 5 nitrogen and oxygen atoms in total. The van der Waals surface area contributed by atoms with E-state index in [2.05, 4.69) is 23.6 Å². The first-order valence-corrected chi connectivity index (χ1v) is 8.05. The van der Waals surface area contributed by atoms with Crippen molar-refractivity contribution in [1.82, 2.24) is 4.90 Å². The van der Waals surface area contributed by atoms with Gasteiger partial charge >= 0.3 is 0 Å². The number of benzene rings is 1. The van der Waals surface area contributed by atoms with Crippen LogP contribution in [-0.4, -0.2) is 63.7 Å². The van der Waals surface area contributed by atoms with Crippen molar-refractivity contribution in [3.05, 3.63) is 23.8 Å². The molecule has 122 valence electrons. The van der Waals surface area contributed by atoms with Crippen molar-refractivity contribution >= 4 is 12.0 Å². The van der Waals surface area contributed by atoms with Crippen LogP contribution in [0.2, 0.25) is 0 Å². The number of carbonyl (C=O) groups is 1. The topological polar surface area (TPSA) is 42.0 Å². The first-order chi connectivity index (χ1) is 10.8. The molecule has 5 heteroatoms. The fourth-order valence-electron chi connectivity index (χ4n) is 2.64. The molecule has 1 saturated heterocycles. The van der Waals surface area contributed by atoms with Gasteiger partial charge in [0.15, 0.2) is 6.29 Å².